The second-order valence-electron chi connectivity index (χ2n) is 4.09. The van der Waals surface area contributed by atoms with Gasteiger partial charge < -0.3 is 4.74 Å². The van der Waals surface area contributed by atoms with Crippen molar-refractivity contribution in [2.24, 2.45) is 5.92 Å². The van der Waals surface area contributed by atoms with Crippen molar-refractivity contribution in [1.29, 1.82) is 0 Å². The maximum Gasteiger partial charge on any atom is 0.423 e. The lowest BCUT2D eigenvalue weighted by Gasteiger charge is -2.21. The SMILES string of the molecule is CC1=CN(C(=O)Oc2ccccc2)C=CC1C. The van der Waals surface area contributed by atoms with Crippen LogP contribution in [0.4, 0.5) is 4.79 Å². The van der Waals surface area contributed by atoms with Crippen LogP contribution in [-0.4, -0.2) is 11.0 Å². The highest BCUT2D eigenvalue weighted by molar-refractivity contribution is 5.73. The molecule has 1 unspecified atom stereocenters. The summed E-state index contributed by atoms with van der Waals surface area (Å²) in [6, 6.07) is 9.05. The molecule has 1 aliphatic rings. The molecule has 0 bridgehead atoms. The van der Waals surface area contributed by atoms with Crippen molar-refractivity contribution < 1.29 is 9.53 Å². The number of rotatable bonds is 1. The molecule has 1 aliphatic heterocycles. The van der Waals surface area contributed by atoms with Crippen molar-refractivity contribution in [2.45, 2.75) is 13.8 Å². The first-order valence-electron chi connectivity index (χ1n) is 5.58. The molecule has 88 valence electrons. The molecule has 0 aliphatic carbocycles. The molecule has 2 rings (SSSR count). The maximum atomic E-state index is 11.8. The standard InChI is InChI=1S/C14H15NO2/c1-11-8-9-15(10-12(11)2)14(16)17-13-6-4-3-5-7-13/h3-11H,1-2H3. The van der Waals surface area contributed by atoms with Gasteiger partial charge in [-0.1, -0.05) is 31.2 Å². The fraction of sp³-hybridized carbons (Fsp3) is 0.214. The first kappa shape index (κ1) is 11.5. The van der Waals surface area contributed by atoms with E-state index in [0.717, 1.165) is 5.57 Å². The first-order chi connectivity index (χ1) is 8.16. The summed E-state index contributed by atoms with van der Waals surface area (Å²) in [5, 5.41) is 0. The zero-order valence-electron chi connectivity index (χ0n) is 9.96. The van der Waals surface area contributed by atoms with E-state index in [1.54, 1.807) is 24.5 Å². The van der Waals surface area contributed by atoms with Crippen LogP contribution in [0.5, 0.6) is 5.75 Å². The van der Waals surface area contributed by atoms with E-state index >= 15 is 0 Å². The van der Waals surface area contributed by atoms with E-state index in [1.807, 2.05) is 31.2 Å². The van der Waals surface area contributed by atoms with Crippen molar-refractivity contribution in [2.75, 3.05) is 0 Å². The van der Waals surface area contributed by atoms with E-state index in [4.69, 9.17) is 4.74 Å². The van der Waals surface area contributed by atoms with Crippen LogP contribution in [0.3, 0.4) is 0 Å². The number of allylic oxidation sites excluding steroid dienone is 2. The normalized spacial score (nSPS) is 18.8. The number of hydrogen-bond acceptors (Lipinski definition) is 2. The summed E-state index contributed by atoms with van der Waals surface area (Å²) in [6.45, 7) is 4.08. The van der Waals surface area contributed by atoms with Crippen molar-refractivity contribution >= 4 is 6.09 Å². The molecule has 0 N–H and O–H groups in total. The van der Waals surface area contributed by atoms with Gasteiger partial charge in [-0.3, -0.25) is 4.90 Å². The highest BCUT2D eigenvalue weighted by Gasteiger charge is 2.16. The van der Waals surface area contributed by atoms with Gasteiger partial charge >= 0.3 is 6.09 Å². The Hall–Kier alpha value is -2.03. The molecule has 0 radical (unpaired) electrons. The van der Waals surface area contributed by atoms with Gasteiger partial charge in [-0.15, -0.1) is 0 Å². The van der Waals surface area contributed by atoms with Gasteiger partial charge in [-0.05, 0) is 30.5 Å². The Morgan fingerprint density at radius 3 is 2.65 bits per heavy atom. The van der Waals surface area contributed by atoms with Crippen LogP contribution in [0.15, 0.2) is 54.4 Å². The molecular weight excluding hydrogens is 214 g/mol. The molecule has 1 heterocycles. The lowest BCUT2D eigenvalue weighted by molar-refractivity contribution is 0.181. The third-order valence-corrected chi connectivity index (χ3v) is 2.76. The van der Waals surface area contributed by atoms with Gasteiger partial charge in [0.2, 0.25) is 0 Å². The zero-order valence-corrected chi connectivity index (χ0v) is 9.96. The predicted octanol–water partition coefficient (Wildman–Crippen LogP) is 3.55. The topological polar surface area (TPSA) is 29.5 Å². The molecule has 0 saturated heterocycles. The van der Waals surface area contributed by atoms with E-state index in [0.29, 0.717) is 11.7 Å². The van der Waals surface area contributed by atoms with Gasteiger partial charge in [-0.2, -0.15) is 0 Å². The number of ether oxygens (including phenoxy) is 1. The Bertz CT molecular complexity index is 462. The van der Waals surface area contributed by atoms with E-state index < -0.39 is 6.09 Å². The largest absolute Gasteiger partial charge is 0.423 e. The summed E-state index contributed by atoms with van der Waals surface area (Å²) >= 11 is 0. The molecule has 1 aromatic carbocycles. The summed E-state index contributed by atoms with van der Waals surface area (Å²) in [5.74, 6) is 0.923. The van der Waals surface area contributed by atoms with E-state index in [-0.39, 0.29) is 0 Å². The van der Waals surface area contributed by atoms with Crippen LogP contribution < -0.4 is 4.74 Å². The van der Waals surface area contributed by atoms with Crippen LogP contribution in [-0.2, 0) is 0 Å². The number of benzene rings is 1. The number of hydrogen-bond donors (Lipinski definition) is 0. The average Bonchev–Trinajstić information content (AvgIpc) is 2.34. The fourth-order valence-electron chi connectivity index (χ4n) is 1.51. The van der Waals surface area contributed by atoms with Crippen LogP contribution >= 0.6 is 0 Å². The lowest BCUT2D eigenvalue weighted by Crippen LogP contribution is -2.26. The predicted molar refractivity (Wildman–Crippen MR) is 66.4 cm³/mol. The molecule has 3 heteroatoms. The third kappa shape index (κ3) is 2.75. The molecular formula is C14H15NO2. The van der Waals surface area contributed by atoms with Crippen LogP contribution in [0.1, 0.15) is 13.8 Å². The summed E-state index contributed by atoms with van der Waals surface area (Å²) in [5.41, 5.74) is 1.14. The number of carbonyl (C=O) groups excluding carboxylic acids is 1. The molecule has 17 heavy (non-hydrogen) atoms. The lowest BCUT2D eigenvalue weighted by atomic mass is 10.0. The molecule has 0 spiro atoms. The summed E-state index contributed by atoms with van der Waals surface area (Å²) in [7, 11) is 0. The molecule has 0 fully saturated rings. The number of para-hydroxylation sites is 1. The Balaban J connectivity index is 2.05. The Morgan fingerprint density at radius 1 is 1.29 bits per heavy atom. The van der Waals surface area contributed by atoms with E-state index in [2.05, 4.69) is 6.92 Å². The van der Waals surface area contributed by atoms with Gasteiger partial charge in [0.1, 0.15) is 5.75 Å². The molecule has 1 amide bonds. The Kier molecular flexibility index (Phi) is 3.28. The number of nitrogens with zero attached hydrogens (tertiary/aromatic N) is 1. The van der Waals surface area contributed by atoms with Crippen molar-refractivity contribution in [1.82, 2.24) is 4.90 Å². The summed E-state index contributed by atoms with van der Waals surface area (Å²) in [6.07, 6.45) is 5.12. The van der Waals surface area contributed by atoms with Gasteiger partial charge in [-0.25, -0.2) is 4.79 Å². The van der Waals surface area contributed by atoms with E-state index in [1.165, 1.54) is 4.90 Å². The maximum absolute atomic E-state index is 11.8. The van der Waals surface area contributed by atoms with Crippen molar-refractivity contribution in [3.8, 4) is 5.75 Å². The molecule has 1 atom stereocenters. The minimum absolute atomic E-state index is 0.371. The van der Waals surface area contributed by atoms with Crippen molar-refractivity contribution in [3.63, 3.8) is 0 Å². The highest BCUT2D eigenvalue weighted by Crippen LogP contribution is 2.19. The Labute approximate surface area is 101 Å². The summed E-state index contributed by atoms with van der Waals surface area (Å²) < 4.78 is 5.23. The number of carbonyl (C=O) groups is 1. The monoisotopic (exact) mass is 229 g/mol. The quantitative estimate of drug-likeness (QED) is 0.737. The third-order valence-electron chi connectivity index (χ3n) is 2.76. The van der Waals surface area contributed by atoms with Crippen LogP contribution in [0, 0.1) is 5.92 Å². The molecule has 0 aromatic heterocycles. The van der Waals surface area contributed by atoms with E-state index in [9.17, 15) is 4.79 Å². The van der Waals surface area contributed by atoms with Crippen molar-refractivity contribution in [3.05, 3.63) is 54.4 Å². The first-order valence-corrected chi connectivity index (χ1v) is 5.58. The minimum Gasteiger partial charge on any atom is -0.410 e. The summed E-state index contributed by atoms with van der Waals surface area (Å²) in [4.78, 5) is 13.3. The molecule has 0 saturated carbocycles. The smallest absolute Gasteiger partial charge is 0.410 e. The second kappa shape index (κ2) is 4.87. The second-order valence-corrected chi connectivity index (χ2v) is 4.09. The number of amides is 1. The van der Waals surface area contributed by atoms with Gasteiger partial charge in [0.15, 0.2) is 0 Å². The fourth-order valence-corrected chi connectivity index (χ4v) is 1.51. The average molecular weight is 229 g/mol. The van der Waals surface area contributed by atoms with Crippen LogP contribution in [0.25, 0.3) is 0 Å². The Morgan fingerprint density at radius 2 is 2.00 bits per heavy atom. The highest BCUT2D eigenvalue weighted by atomic mass is 16.6. The molecule has 3 nitrogen and oxygen atoms in total. The minimum atomic E-state index is -0.390. The zero-order chi connectivity index (χ0) is 12.3. The van der Waals surface area contributed by atoms with Crippen LogP contribution in [0.2, 0.25) is 0 Å². The van der Waals surface area contributed by atoms with Gasteiger partial charge in [0.05, 0.1) is 0 Å². The molecule has 1 aromatic rings. The van der Waals surface area contributed by atoms with Gasteiger partial charge in [0, 0.05) is 12.4 Å². The van der Waals surface area contributed by atoms with Gasteiger partial charge in [0.25, 0.3) is 0 Å².